The third-order valence-corrected chi connectivity index (χ3v) is 9.80. The molecule has 0 radical (unpaired) electrons. The summed E-state index contributed by atoms with van der Waals surface area (Å²) in [5, 5.41) is 3.75. The van der Waals surface area contributed by atoms with Crippen LogP contribution in [0.15, 0.2) is 170 Å². The first-order valence-electron chi connectivity index (χ1n) is 14.3. The van der Waals surface area contributed by atoms with E-state index < -0.39 is 7.92 Å². The minimum Gasteiger partial charge on any atom is -0.208 e. The lowest BCUT2D eigenvalue weighted by Gasteiger charge is -2.24. The van der Waals surface area contributed by atoms with Crippen LogP contribution in [0.5, 0.6) is 0 Å². The average Bonchev–Trinajstić information content (AvgIpc) is 3.10. The van der Waals surface area contributed by atoms with Crippen molar-refractivity contribution in [2.45, 2.75) is 0 Å². The summed E-state index contributed by atoms with van der Waals surface area (Å²) in [6.07, 6.45) is 0. The van der Waals surface area contributed by atoms with Crippen LogP contribution in [-0.4, -0.2) is 15.0 Å². The molecule has 204 valence electrons. The minimum atomic E-state index is -0.925. The lowest BCUT2D eigenvalue weighted by atomic mass is 9.99. The first-order chi connectivity index (χ1) is 21.3. The molecule has 0 N–H and O–H groups in total. The van der Waals surface area contributed by atoms with Crippen LogP contribution >= 0.6 is 7.92 Å². The predicted octanol–water partition coefficient (Wildman–Crippen LogP) is 8.30. The molecule has 0 fully saturated rings. The molecular formula is C39H28N3P. The van der Waals surface area contributed by atoms with Crippen LogP contribution in [0.3, 0.4) is 0 Å². The van der Waals surface area contributed by atoms with Gasteiger partial charge in [0.15, 0.2) is 17.5 Å². The summed E-state index contributed by atoms with van der Waals surface area (Å²) >= 11 is 0. The maximum atomic E-state index is 5.20. The molecule has 0 atom stereocenters. The van der Waals surface area contributed by atoms with Gasteiger partial charge >= 0.3 is 0 Å². The highest BCUT2D eigenvalue weighted by atomic mass is 31.1. The Morgan fingerprint density at radius 3 is 1.19 bits per heavy atom. The van der Waals surface area contributed by atoms with Crippen molar-refractivity contribution in [3.63, 3.8) is 0 Å². The highest BCUT2D eigenvalue weighted by Crippen LogP contribution is 2.41. The van der Waals surface area contributed by atoms with Crippen molar-refractivity contribution in [3.8, 4) is 45.3 Å². The molecule has 43 heavy (non-hydrogen) atoms. The van der Waals surface area contributed by atoms with E-state index in [1.54, 1.807) is 0 Å². The van der Waals surface area contributed by atoms with Gasteiger partial charge in [0.2, 0.25) is 0 Å². The van der Waals surface area contributed by atoms with Crippen LogP contribution in [0.4, 0.5) is 0 Å². The van der Waals surface area contributed by atoms with Gasteiger partial charge in [0.25, 0.3) is 0 Å². The monoisotopic (exact) mass is 569 g/mol. The van der Waals surface area contributed by atoms with Crippen LogP contribution in [0, 0.1) is 0 Å². The number of nitrogens with zero attached hydrogens (tertiary/aromatic N) is 3. The van der Waals surface area contributed by atoms with Crippen molar-refractivity contribution in [1.82, 2.24) is 15.0 Å². The SMILES string of the molecule is c1ccc(-c2nc(-c3ccccc3)nc(-c3c(-c4ccccc4)cccc3P(c3ccccc3)c3ccccc3)n2)cc1. The second kappa shape index (κ2) is 12.3. The molecule has 0 spiro atoms. The van der Waals surface area contributed by atoms with Crippen LogP contribution in [-0.2, 0) is 0 Å². The molecule has 0 unspecified atom stereocenters. The Hall–Kier alpha value is -5.24. The molecule has 0 saturated heterocycles. The lowest BCUT2D eigenvalue weighted by molar-refractivity contribution is 1.08. The van der Waals surface area contributed by atoms with Crippen LogP contribution in [0.25, 0.3) is 45.3 Å². The van der Waals surface area contributed by atoms with E-state index in [-0.39, 0.29) is 0 Å². The van der Waals surface area contributed by atoms with Gasteiger partial charge in [-0.05, 0) is 35.0 Å². The Morgan fingerprint density at radius 1 is 0.326 bits per heavy atom. The zero-order chi connectivity index (χ0) is 28.8. The molecule has 4 heteroatoms. The highest BCUT2D eigenvalue weighted by Gasteiger charge is 2.25. The van der Waals surface area contributed by atoms with Crippen molar-refractivity contribution >= 4 is 23.8 Å². The van der Waals surface area contributed by atoms with E-state index in [0.717, 1.165) is 27.8 Å². The molecule has 0 aliphatic carbocycles. The fourth-order valence-corrected chi connectivity index (χ4v) is 7.80. The summed E-state index contributed by atoms with van der Waals surface area (Å²) < 4.78 is 0. The smallest absolute Gasteiger partial charge is 0.165 e. The molecule has 7 rings (SSSR count). The predicted molar refractivity (Wildman–Crippen MR) is 180 cm³/mol. The Bertz CT molecular complexity index is 1850. The zero-order valence-electron chi connectivity index (χ0n) is 23.5. The lowest BCUT2D eigenvalue weighted by Crippen LogP contribution is -2.23. The molecule has 6 aromatic carbocycles. The van der Waals surface area contributed by atoms with E-state index >= 15 is 0 Å². The van der Waals surface area contributed by atoms with Crippen molar-refractivity contribution in [1.29, 1.82) is 0 Å². The first-order valence-corrected chi connectivity index (χ1v) is 15.7. The van der Waals surface area contributed by atoms with Crippen molar-refractivity contribution < 1.29 is 0 Å². The maximum Gasteiger partial charge on any atom is 0.165 e. The molecule has 7 aromatic rings. The van der Waals surface area contributed by atoms with Gasteiger partial charge in [-0.2, -0.15) is 0 Å². The summed E-state index contributed by atoms with van der Waals surface area (Å²) in [5.74, 6) is 1.98. The molecule has 1 heterocycles. The largest absolute Gasteiger partial charge is 0.208 e. The van der Waals surface area contributed by atoms with E-state index in [1.165, 1.54) is 15.9 Å². The molecule has 1 aromatic heterocycles. The minimum absolute atomic E-state index is 0.655. The quantitative estimate of drug-likeness (QED) is 0.181. The fraction of sp³-hybridized carbons (Fsp3) is 0. The summed E-state index contributed by atoms with van der Waals surface area (Å²) in [4.78, 5) is 15.4. The Labute approximate surface area is 253 Å². The van der Waals surface area contributed by atoms with Gasteiger partial charge in [0.05, 0.1) is 0 Å². The van der Waals surface area contributed by atoms with Gasteiger partial charge in [-0.3, -0.25) is 0 Å². The van der Waals surface area contributed by atoms with Crippen molar-refractivity contribution in [2.75, 3.05) is 0 Å². The zero-order valence-corrected chi connectivity index (χ0v) is 24.3. The number of hydrogen-bond acceptors (Lipinski definition) is 3. The van der Waals surface area contributed by atoms with E-state index in [1.807, 2.05) is 36.4 Å². The molecule has 3 nitrogen and oxygen atoms in total. The van der Waals surface area contributed by atoms with Crippen LogP contribution in [0.1, 0.15) is 0 Å². The van der Waals surface area contributed by atoms with E-state index in [9.17, 15) is 0 Å². The highest BCUT2D eigenvalue weighted by molar-refractivity contribution is 7.80. The average molecular weight is 570 g/mol. The molecule has 0 saturated carbocycles. The standard InChI is InChI=1S/C39H28N3P/c1-6-17-29(18-7-1)34-27-16-28-35(43(32-23-12-4-13-24-32)33-25-14-5-15-26-33)36(34)39-41-37(30-19-8-2-9-20-30)40-38(42-39)31-21-10-3-11-22-31/h1-28H. The van der Waals surface area contributed by atoms with Crippen molar-refractivity contribution in [3.05, 3.63) is 170 Å². The second-order valence-electron chi connectivity index (χ2n) is 10.1. The molecule has 0 bridgehead atoms. The number of rotatable bonds is 7. The van der Waals surface area contributed by atoms with Gasteiger partial charge in [-0.25, -0.2) is 15.0 Å². The molecule has 0 amide bonds. The molecule has 0 aliphatic heterocycles. The maximum absolute atomic E-state index is 5.20. The topological polar surface area (TPSA) is 38.7 Å². The van der Waals surface area contributed by atoms with E-state index in [4.69, 9.17) is 15.0 Å². The van der Waals surface area contributed by atoms with Crippen LogP contribution < -0.4 is 15.9 Å². The second-order valence-corrected chi connectivity index (χ2v) is 12.3. The Kier molecular flexibility index (Phi) is 7.64. The third-order valence-electron chi connectivity index (χ3n) is 7.32. The summed E-state index contributed by atoms with van der Waals surface area (Å²) in [5.41, 5.74) is 5.16. The fourth-order valence-electron chi connectivity index (χ4n) is 5.32. The van der Waals surface area contributed by atoms with E-state index in [2.05, 4.69) is 133 Å². The summed E-state index contributed by atoms with van der Waals surface area (Å²) in [6, 6.07) is 59.1. The normalized spacial score (nSPS) is 11.0. The number of aromatic nitrogens is 3. The number of benzene rings is 6. The Balaban J connectivity index is 1.56. The Morgan fingerprint density at radius 2 is 0.721 bits per heavy atom. The van der Waals surface area contributed by atoms with Gasteiger partial charge in [0.1, 0.15) is 0 Å². The van der Waals surface area contributed by atoms with Gasteiger partial charge in [0, 0.05) is 16.7 Å². The summed E-state index contributed by atoms with van der Waals surface area (Å²) in [7, 11) is -0.925. The number of hydrogen-bond donors (Lipinski definition) is 0. The van der Waals surface area contributed by atoms with Gasteiger partial charge in [-0.15, -0.1) is 0 Å². The van der Waals surface area contributed by atoms with Gasteiger partial charge < -0.3 is 0 Å². The molecular weight excluding hydrogens is 541 g/mol. The van der Waals surface area contributed by atoms with Crippen LogP contribution in [0.2, 0.25) is 0 Å². The van der Waals surface area contributed by atoms with Gasteiger partial charge in [-0.1, -0.05) is 170 Å². The van der Waals surface area contributed by atoms with E-state index in [0.29, 0.717) is 17.5 Å². The van der Waals surface area contributed by atoms with Crippen molar-refractivity contribution in [2.24, 2.45) is 0 Å². The first kappa shape index (κ1) is 26.6. The third kappa shape index (κ3) is 5.64. The summed E-state index contributed by atoms with van der Waals surface area (Å²) in [6.45, 7) is 0. The molecule has 0 aliphatic rings.